The molecule has 0 spiro atoms. The predicted molar refractivity (Wildman–Crippen MR) is 128 cm³/mol. The Kier molecular flexibility index (Phi) is 8.65. The van der Waals surface area contributed by atoms with Crippen LogP contribution in [0.3, 0.4) is 0 Å². The van der Waals surface area contributed by atoms with Gasteiger partial charge in [-0.3, -0.25) is 0 Å². The number of aliphatic hydroxyl groups excluding tert-OH is 1. The van der Waals surface area contributed by atoms with Crippen LogP contribution in [0.15, 0.2) is 36.5 Å². The molecule has 16 heteroatoms. The number of aromatic nitrogens is 3. The number of aliphatic carboxylic acids is 1. The third-order valence-corrected chi connectivity index (χ3v) is 6.16. The van der Waals surface area contributed by atoms with Crippen molar-refractivity contribution in [2.24, 2.45) is 0 Å². The molecule has 2 N–H and O–H groups in total. The summed E-state index contributed by atoms with van der Waals surface area (Å²) in [7, 11) is 0. The fourth-order valence-electron chi connectivity index (χ4n) is 4.20. The van der Waals surface area contributed by atoms with E-state index in [0.717, 1.165) is 23.0 Å². The highest BCUT2D eigenvalue weighted by Crippen LogP contribution is 2.42. The molecule has 1 aromatic carbocycles. The first-order valence-corrected chi connectivity index (χ1v) is 12.3. The molecular weight excluding hydrogens is 583 g/mol. The number of nitrogens with zero attached hydrogens (tertiary/aromatic N) is 3. The monoisotopic (exact) mass is 605 g/mol. The SMILES string of the molecule is C=C(CCO)C(=O)O.Fc1cc2c(cc1COc1cc(-n3nc(C(F)(F)F)c4c3CCCC4)cnc1F)OC(F)(F)O2. The van der Waals surface area contributed by atoms with Gasteiger partial charge < -0.3 is 24.4 Å². The number of benzene rings is 1. The van der Waals surface area contributed by atoms with Gasteiger partial charge in [0.1, 0.15) is 12.4 Å². The Hall–Kier alpha value is -4.34. The number of carboxylic acids is 1. The number of carbonyl (C=O) groups is 1. The number of hydrogen-bond donors (Lipinski definition) is 2. The Morgan fingerprint density at radius 2 is 1.79 bits per heavy atom. The van der Waals surface area contributed by atoms with E-state index < -0.39 is 59.8 Å². The van der Waals surface area contributed by atoms with Crippen LogP contribution in [0.4, 0.5) is 30.7 Å². The van der Waals surface area contributed by atoms with E-state index in [-0.39, 0.29) is 41.8 Å². The molecule has 0 bridgehead atoms. The molecule has 0 radical (unpaired) electrons. The molecule has 42 heavy (non-hydrogen) atoms. The van der Waals surface area contributed by atoms with Crippen LogP contribution in [0.5, 0.6) is 17.2 Å². The van der Waals surface area contributed by atoms with Crippen LogP contribution < -0.4 is 14.2 Å². The summed E-state index contributed by atoms with van der Waals surface area (Å²) in [5.41, 5.74) is -0.747. The second-order valence-electron chi connectivity index (χ2n) is 9.10. The highest BCUT2D eigenvalue weighted by molar-refractivity contribution is 5.85. The van der Waals surface area contributed by atoms with Gasteiger partial charge in [-0.15, -0.1) is 8.78 Å². The van der Waals surface area contributed by atoms with E-state index in [1.54, 1.807) is 0 Å². The molecule has 226 valence electrons. The summed E-state index contributed by atoms with van der Waals surface area (Å²) >= 11 is 0. The lowest BCUT2D eigenvalue weighted by Crippen LogP contribution is -2.25. The van der Waals surface area contributed by atoms with Crippen LogP contribution >= 0.6 is 0 Å². The summed E-state index contributed by atoms with van der Waals surface area (Å²) in [5.74, 6) is -4.55. The minimum absolute atomic E-state index is 0.0239. The van der Waals surface area contributed by atoms with Gasteiger partial charge in [0.05, 0.1) is 11.9 Å². The molecule has 0 saturated heterocycles. The van der Waals surface area contributed by atoms with Crippen molar-refractivity contribution in [3.8, 4) is 22.9 Å². The number of fused-ring (bicyclic) bond motifs is 2. The van der Waals surface area contributed by atoms with E-state index in [2.05, 4.69) is 26.1 Å². The van der Waals surface area contributed by atoms with Crippen LogP contribution in [0.1, 0.15) is 41.8 Å². The Balaban J connectivity index is 0.000000446. The molecule has 0 unspecified atom stereocenters. The third kappa shape index (κ3) is 6.75. The lowest BCUT2D eigenvalue weighted by molar-refractivity contribution is -0.286. The molecule has 3 aromatic rings. The van der Waals surface area contributed by atoms with Gasteiger partial charge in [-0.1, -0.05) is 6.58 Å². The average Bonchev–Trinajstić information content (AvgIpc) is 3.45. The largest absolute Gasteiger partial charge is 0.586 e. The second kappa shape index (κ2) is 11.9. The van der Waals surface area contributed by atoms with Gasteiger partial charge in [0, 0.05) is 47.6 Å². The summed E-state index contributed by atoms with van der Waals surface area (Å²) in [5, 5.41) is 20.0. The van der Waals surface area contributed by atoms with Gasteiger partial charge in [0.25, 0.3) is 5.95 Å². The van der Waals surface area contributed by atoms with Crippen LogP contribution in [0.25, 0.3) is 5.69 Å². The topological polar surface area (TPSA) is 116 Å². The minimum atomic E-state index is -4.66. The van der Waals surface area contributed by atoms with Crippen molar-refractivity contribution in [3.05, 3.63) is 70.8 Å². The van der Waals surface area contributed by atoms with Gasteiger partial charge in [-0.05, 0) is 31.7 Å². The van der Waals surface area contributed by atoms with Crippen molar-refractivity contribution in [1.29, 1.82) is 0 Å². The van der Waals surface area contributed by atoms with Crippen LogP contribution in [-0.2, 0) is 30.4 Å². The first-order chi connectivity index (χ1) is 19.7. The molecule has 0 amide bonds. The van der Waals surface area contributed by atoms with Gasteiger partial charge in [0.2, 0.25) is 0 Å². The Morgan fingerprint density at radius 3 is 2.40 bits per heavy atom. The molecule has 3 heterocycles. The molecule has 0 atom stereocenters. The molecule has 2 aromatic heterocycles. The number of halogens is 7. The van der Waals surface area contributed by atoms with E-state index in [1.807, 2.05) is 0 Å². The fourth-order valence-corrected chi connectivity index (χ4v) is 4.20. The molecule has 2 aliphatic rings. The van der Waals surface area contributed by atoms with Crippen molar-refractivity contribution < 1.29 is 60.0 Å². The van der Waals surface area contributed by atoms with Crippen LogP contribution in [0, 0.1) is 11.8 Å². The van der Waals surface area contributed by atoms with E-state index in [0.29, 0.717) is 31.0 Å². The summed E-state index contributed by atoms with van der Waals surface area (Å²) in [6.45, 7) is 2.43. The number of ether oxygens (including phenoxy) is 3. The van der Waals surface area contributed by atoms with E-state index >= 15 is 0 Å². The summed E-state index contributed by atoms with van der Waals surface area (Å²) in [6.07, 6.45) is -5.64. The van der Waals surface area contributed by atoms with Crippen LogP contribution in [-0.4, -0.2) is 43.8 Å². The zero-order valence-electron chi connectivity index (χ0n) is 21.5. The standard InChI is InChI=1S/C21H14F7N3O3.C5H8O3/c22-13-7-16-15(33-21(27,28)34-16)5-10(13)9-32-17-6-11(8-29-19(17)23)31-14-4-2-1-3-12(14)18(30-31)20(24,25)26;1-4(2-3-6)5(7)8/h5-8H,1-4,9H2;6H,1-3H2,(H,7,8). The molecule has 1 aliphatic heterocycles. The number of rotatable bonds is 7. The van der Waals surface area contributed by atoms with Crippen molar-refractivity contribution >= 4 is 5.97 Å². The Labute approximate surface area is 232 Å². The Morgan fingerprint density at radius 1 is 1.12 bits per heavy atom. The van der Waals surface area contributed by atoms with Gasteiger partial charge in [-0.25, -0.2) is 18.9 Å². The second-order valence-corrected chi connectivity index (χ2v) is 9.10. The fraction of sp³-hybridized carbons (Fsp3) is 0.346. The molecular formula is C26H22F7N3O6. The zero-order chi connectivity index (χ0) is 30.8. The van der Waals surface area contributed by atoms with Gasteiger partial charge in [0.15, 0.2) is 22.9 Å². The average molecular weight is 605 g/mol. The van der Waals surface area contributed by atoms with Gasteiger partial charge >= 0.3 is 18.4 Å². The minimum Gasteiger partial charge on any atom is -0.484 e. The normalized spacial score (nSPS) is 15.0. The van der Waals surface area contributed by atoms with E-state index in [1.165, 1.54) is 0 Å². The third-order valence-electron chi connectivity index (χ3n) is 6.16. The lowest BCUT2D eigenvalue weighted by Gasteiger charge is -2.15. The van der Waals surface area contributed by atoms with Crippen molar-refractivity contribution in [1.82, 2.24) is 14.8 Å². The molecule has 5 rings (SSSR count). The van der Waals surface area contributed by atoms with Gasteiger partial charge in [-0.2, -0.15) is 22.7 Å². The number of pyridine rings is 1. The van der Waals surface area contributed by atoms with Crippen molar-refractivity contribution in [2.75, 3.05) is 6.61 Å². The molecule has 9 nitrogen and oxygen atoms in total. The molecule has 1 aliphatic carbocycles. The summed E-state index contributed by atoms with van der Waals surface area (Å²) < 4.78 is 110. The number of aliphatic hydroxyl groups is 1. The maximum atomic E-state index is 14.3. The quantitative estimate of drug-likeness (QED) is 0.210. The van der Waals surface area contributed by atoms with Crippen molar-refractivity contribution in [2.45, 2.75) is 51.2 Å². The number of carboxylic acid groups (broad SMARTS) is 1. The summed E-state index contributed by atoms with van der Waals surface area (Å²) in [4.78, 5) is 13.4. The smallest absolute Gasteiger partial charge is 0.484 e. The Bertz CT molecular complexity index is 1510. The predicted octanol–water partition coefficient (Wildman–Crippen LogP) is 5.35. The maximum Gasteiger partial charge on any atom is 0.586 e. The first-order valence-electron chi connectivity index (χ1n) is 12.3. The maximum absolute atomic E-state index is 14.3. The molecule has 0 saturated carbocycles. The number of alkyl halides is 5. The lowest BCUT2D eigenvalue weighted by atomic mass is 9.95. The molecule has 0 fully saturated rings. The first kappa shape index (κ1) is 30.6. The number of hydrogen-bond acceptors (Lipinski definition) is 7. The van der Waals surface area contributed by atoms with E-state index in [4.69, 9.17) is 14.9 Å². The highest BCUT2D eigenvalue weighted by atomic mass is 19.4. The van der Waals surface area contributed by atoms with Crippen LogP contribution in [0.2, 0.25) is 0 Å². The zero-order valence-corrected chi connectivity index (χ0v) is 21.5. The van der Waals surface area contributed by atoms with Crippen molar-refractivity contribution in [3.63, 3.8) is 0 Å². The summed E-state index contributed by atoms with van der Waals surface area (Å²) in [6, 6.07) is 2.68. The highest BCUT2D eigenvalue weighted by Gasteiger charge is 2.44. The van der Waals surface area contributed by atoms with E-state index in [9.17, 15) is 35.5 Å².